The molecule has 2 aromatic heterocycles. The van der Waals surface area contributed by atoms with E-state index in [0.717, 1.165) is 16.7 Å². The largest absolute Gasteiger partial charge is 0.494 e. The van der Waals surface area contributed by atoms with E-state index in [1.165, 1.54) is 19.2 Å². The molecule has 4 N–H and O–H groups in total. The Labute approximate surface area is 159 Å². The molecule has 0 radical (unpaired) electrons. The Hall–Kier alpha value is -3.52. The van der Waals surface area contributed by atoms with Gasteiger partial charge in [-0.2, -0.15) is 5.10 Å². The lowest BCUT2D eigenvalue weighted by Crippen LogP contribution is -2.22. The minimum absolute atomic E-state index is 0.316. The van der Waals surface area contributed by atoms with Crippen molar-refractivity contribution in [3.63, 3.8) is 0 Å². The molecule has 1 atom stereocenters. The maximum atomic E-state index is 13.4. The summed E-state index contributed by atoms with van der Waals surface area (Å²) in [6.45, 7) is 0. The molecule has 7 nitrogen and oxygen atoms in total. The molecular formula is C20H18FN5O2. The molecule has 142 valence electrons. The van der Waals surface area contributed by atoms with E-state index in [2.05, 4.69) is 20.2 Å². The maximum absolute atomic E-state index is 13.4. The molecule has 2 heterocycles. The third kappa shape index (κ3) is 3.37. The van der Waals surface area contributed by atoms with Crippen molar-refractivity contribution >= 4 is 10.9 Å². The van der Waals surface area contributed by atoms with Crippen molar-refractivity contribution in [1.82, 2.24) is 20.2 Å². The van der Waals surface area contributed by atoms with E-state index in [1.807, 2.05) is 0 Å². The number of fused-ring (bicyclic) bond motifs is 1. The molecule has 0 aliphatic carbocycles. The summed E-state index contributed by atoms with van der Waals surface area (Å²) in [7, 11) is 1.52. The highest BCUT2D eigenvalue weighted by Crippen LogP contribution is 2.30. The van der Waals surface area contributed by atoms with Gasteiger partial charge in [-0.15, -0.1) is 0 Å². The van der Waals surface area contributed by atoms with Crippen LogP contribution in [-0.2, 0) is 6.42 Å². The zero-order valence-electron chi connectivity index (χ0n) is 15.1. The minimum Gasteiger partial charge on any atom is -0.494 e. The molecule has 0 amide bonds. The Morgan fingerprint density at radius 2 is 2.11 bits per heavy atom. The van der Waals surface area contributed by atoms with Gasteiger partial charge in [0.15, 0.2) is 0 Å². The van der Waals surface area contributed by atoms with Gasteiger partial charge in [-0.05, 0) is 41.8 Å². The highest BCUT2D eigenvalue weighted by atomic mass is 19.1. The Balaban J connectivity index is 1.77. The van der Waals surface area contributed by atoms with Crippen molar-refractivity contribution < 1.29 is 9.13 Å². The zero-order valence-corrected chi connectivity index (χ0v) is 15.1. The number of hydrogen-bond donors (Lipinski definition) is 3. The Morgan fingerprint density at radius 3 is 2.82 bits per heavy atom. The highest BCUT2D eigenvalue weighted by molar-refractivity contribution is 5.89. The summed E-state index contributed by atoms with van der Waals surface area (Å²) in [6.07, 6.45) is 3.72. The Bertz CT molecular complexity index is 1190. The van der Waals surface area contributed by atoms with Gasteiger partial charge in [0.1, 0.15) is 22.9 Å². The number of nitrogens with one attached hydrogen (secondary N) is 2. The standard InChI is InChI=1S/C20H18FN5O2/c1-28-17-8-12(13-9-23-24-10-13)7-15-18(17)25-19(26-20(15)27)16(22)6-11-3-2-4-14(21)5-11/h2-5,7-10,16H,6,22H2,1H3,(H,23,24)(H,25,26,27)/t16-/m0/s1. The van der Waals surface area contributed by atoms with Crippen LogP contribution in [0.5, 0.6) is 5.75 Å². The van der Waals surface area contributed by atoms with Gasteiger partial charge < -0.3 is 15.5 Å². The predicted octanol–water partition coefficient (Wildman–Crippen LogP) is 2.70. The maximum Gasteiger partial charge on any atom is 0.258 e. The molecule has 0 fully saturated rings. The molecule has 4 rings (SSSR count). The van der Waals surface area contributed by atoms with Crippen LogP contribution in [0.25, 0.3) is 22.0 Å². The lowest BCUT2D eigenvalue weighted by molar-refractivity contribution is 0.418. The molecule has 0 unspecified atom stereocenters. The molecule has 8 heteroatoms. The summed E-state index contributed by atoms with van der Waals surface area (Å²) in [6, 6.07) is 9.11. The van der Waals surface area contributed by atoms with Gasteiger partial charge in [-0.3, -0.25) is 9.89 Å². The van der Waals surface area contributed by atoms with E-state index in [0.29, 0.717) is 28.9 Å². The lowest BCUT2D eigenvalue weighted by Gasteiger charge is -2.13. The van der Waals surface area contributed by atoms with Gasteiger partial charge in [0.25, 0.3) is 5.56 Å². The van der Waals surface area contributed by atoms with E-state index in [1.54, 1.807) is 36.7 Å². The van der Waals surface area contributed by atoms with Crippen molar-refractivity contribution in [2.24, 2.45) is 5.73 Å². The fourth-order valence-corrected chi connectivity index (χ4v) is 3.15. The number of nitrogens with two attached hydrogens (primary N) is 1. The van der Waals surface area contributed by atoms with E-state index >= 15 is 0 Å². The Kier molecular flexibility index (Phi) is 4.62. The van der Waals surface area contributed by atoms with Gasteiger partial charge in [0.05, 0.1) is 24.7 Å². The second kappa shape index (κ2) is 7.24. The minimum atomic E-state index is -0.600. The molecular weight excluding hydrogens is 361 g/mol. The van der Waals surface area contributed by atoms with Gasteiger partial charge >= 0.3 is 0 Å². The first kappa shape index (κ1) is 17.9. The molecule has 2 aromatic carbocycles. The van der Waals surface area contributed by atoms with Crippen molar-refractivity contribution in [1.29, 1.82) is 0 Å². The van der Waals surface area contributed by atoms with Crippen LogP contribution in [0.1, 0.15) is 17.4 Å². The first-order valence-electron chi connectivity index (χ1n) is 8.66. The first-order chi connectivity index (χ1) is 13.5. The number of aromatic nitrogens is 4. The van der Waals surface area contributed by atoms with E-state index in [-0.39, 0.29) is 11.4 Å². The molecule has 4 aromatic rings. The fraction of sp³-hybridized carbons (Fsp3) is 0.150. The number of benzene rings is 2. The summed E-state index contributed by atoms with van der Waals surface area (Å²) >= 11 is 0. The van der Waals surface area contributed by atoms with Crippen molar-refractivity contribution in [2.75, 3.05) is 7.11 Å². The summed E-state index contributed by atoms with van der Waals surface area (Å²) in [5.74, 6) is 0.438. The number of ether oxygens (including phenoxy) is 1. The van der Waals surface area contributed by atoms with E-state index in [4.69, 9.17) is 10.5 Å². The predicted molar refractivity (Wildman–Crippen MR) is 104 cm³/mol. The number of rotatable bonds is 5. The molecule has 28 heavy (non-hydrogen) atoms. The number of H-pyrrole nitrogens is 2. The summed E-state index contributed by atoms with van der Waals surface area (Å²) in [5, 5.41) is 7.06. The highest BCUT2D eigenvalue weighted by Gasteiger charge is 2.16. The summed E-state index contributed by atoms with van der Waals surface area (Å²) in [5.41, 5.74) is 8.65. The van der Waals surface area contributed by atoms with Crippen LogP contribution in [0.4, 0.5) is 4.39 Å². The lowest BCUT2D eigenvalue weighted by atomic mass is 10.0. The van der Waals surface area contributed by atoms with Gasteiger partial charge in [-0.1, -0.05) is 12.1 Å². The van der Waals surface area contributed by atoms with Gasteiger partial charge in [-0.25, -0.2) is 9.37 Å². The molecule has 0 bridgehead atoms. The average Bonchev–Trinajstić information content (AvgIpc) is 3.22. The number of methoxy groups -OCH3 is 1. The number of halogens is 1. The van der Waals surface area contributed by atoms with Gasteiger partial charge in [0, 0.05) is 11.8 Å². The van der Waals surface area contributed by atoms with Crippen LogP contribution in [0.3, 0.4) is 0 Å². The third-order valence-corrected chi connectivity index (χ3v) is 4.54. The van der Waals surface area contributed by atoms with Crippen LogP contribution in [0, 0.1) is 5.82 Å². The average molecular weight is 379 g/mol. The molecule has 0 saturated heterocycles. The second-order valence-electron chi connectivity index (χ2n) is 6.45. The molecule has 0 aliphatic heterocycles. The Morgan fingerprint density at radius 1 is 1.25 bits per heavy atom. The van der Waals surface area contributed by atoms with Crippen LogP contribution in [0.15, 0.2) is 53.6 Å². The monoisotopic (exact) mass is 379 g/mol. The summed E-state index contributed by atoms with van der Waals surface area (Å²) in [4.78, 5) is 20.0. The topological polar surface area (TPSA) is 110 Å². The molecule has 0 saturated carbocycles. The normalized spacial score (nSPS) is 12.2. The third-order valence-electron chi connectivity index (χ3n) is 4.54. The fourth-order valence-electron chi connectivity index (χ4n) is 3.15. The molecule has 0 spiro atoms. The quantitative estimate of drug-likeness (QED) is 0.494. The van der Waals surface area contributed by atoms with Crippen LogP contribution >= 0.6 is 0 Å². The zero-order chi connectivity index (χ0) is 19.7. The number of aromatic amines is 2. The SMILES string of the molecule is COc1cc(-c2cn[nH]c2)cc2c(=O)[nH]c([C@@H](N)Cc3cccc(F)c3)nc12. The van der Waals surface area contributed by atoms with Crippen LogP contribution in [0.2, 0.25) is 0 Å². The smallest absolute Gasteiger partial charge is 0.258 e. The van der Waals surface area contributed by atoms with E-state index in [9.17, 15) is 9.18 Å². The molecule has 0 aliphatic rings. The van der Waals surface area contributed by atoms with Crippen molar-refractivity contribution in [2.45, 2.75) is 12.5 Å². The number of nitrogens with zero attached hydrogens (tertiary/aromatic N) is 2. The summed E-state index contributed by atoms with van der Waals surface area (Å²) < 4.78 is 18.9. The number of hydrogen-bond acceptors (Lipinski definition) is 5. The van der Waals surface area contributed by atoms with E-state index < -0.39 is 6.04 Å². The van der Waals surface area contributed by atoms with Crippen molar-refractivity contribution in [3.05, 3.63) is 76.4 Å². The van der Waals surface area contributed by atoms with Crippen LogP contribution in [-0.4, -0.2) is 27.3 Å². The first-order valence-corrected chi connectivity index (χ1v) is 8.66. The van der Waals surface area contributed by atoms with Gasteiger partial charge in [0.2, 0.25) is 0 Å². The second-order valence-corrected chi connectivity index (χ2v) is 6.45. The van der Waals surface area contributed by atoms with Crippen LogP contribution < -0.4 is 16.0 Å². The van der Waals surface area contributed by atoms with Crippen molar-refractivity contribution in [3.8, 4) is 16.9 Å².